The first-order valence-electron chi connectivity index (χ1n) is 11.4. The van der Waals surface area contributed by atoms with Crippen molar-refractivity contribution in [2.24, 2.45) is 0 Å². The summed E-state index contributed by atoms with van der Waals surface area (Å²) < 4.78 is 12.7. The highest BCUT2D eigenvalue weighted by Gasteiger charge is 2.51. The molecule has 36 heavy (non-hydrogen) atoms. The van der Waals surface area contributed by atoms with Crippen molar-refractivity contribution < 1.29 is 40.1 Å². The van der Waals surface area contributed by atoms with E-state index in [0.29, 0.717) is 22.6 Å². The van der Waals surface area contributed by atoms with Crippen LogP contribution < -0.4 is 9.47 Å². The van der Waals surface area contributed by atoms with Crippen LogP contribution in [0.5, 0.6) is 46.0 Å². The smallest absolute Gasteiger partial charge is 0.157 e. The molecule has 0 spiro atoms. The molecule has 0 bridgehead atoms. The van der Waals surface area contributed by atoms with E-state index >= 15 is 0 Å². The second kappa shape index (κ2) is 6.91. The third-order valence-electron chi connectivity index (χ3n) is 7.38. The van der Waals surface area contributed by atoms with E-state index < -0.39 is 12.2 Å². The zero-order valence-electron chi connectivity index (χ0n) is 18.6. The van der Waals surface area contributed by atoms with Gasteiger partial charge in [-0.2, -0.15) is 0 Å². The largest absolute Gasteiger partial charge is 0.508 e. The van der Waals surface area contributed by atoms with E-state index in [2.05, 4.69) is 0 Å². The van der Waals surface area contributed by atoms with Crippen LogP contribution in [-0.2, 0) is 0 Å². The molecule has 4 aromatic rings. The van der Waals surface area contributed by atoms with Crippen molar-refractivity contribution in [3.8, 4) is 46.0 Å². The Balaban J connectivity index is 1.47. The summed E-state index contributed by atoms with van der Waals surface area (Å²) >= 11 is 0. The summed E-state index contributed by atoms with van der Waals surface area (Å²) in [7, 11) is 0. The van der Waals surface area contributed by atoms with Gasteiger partial charge in [0.05, 0.1) is 11.8 Å². The first kappa shape index (κ1) is 20.6. The van der Waals surface area contributed by atoms with E-state index in [-0.39, 0.29) is 46.3 Å². The maximum Gasteiger partial charge on any atom is 0.157 e. The van der Waals surface area contributed by atoms with E-state index in [1.165, 1.54) is 36.4 Å². The molecular formula is C28H20O8. The summed E-state index contributed by atoms with van der Waals surface area (Å²) in [6.07, 6.45) is -1.20. The minimum atomic E-state index is -0.601. The Bertz CT molecular complexity index is 1470. The van der Waals surface area contributed by atoms with E-state index in [4.69, 9.17) is 9.47 Å². The number of phenolic OH excluding ortho intramolecular Hbond substituents is 6. The SMILES string of the molecule is Oc1cc2c3c(c1)[C@@H]1c4c(cc(O)cc4[C@H]3[C@H](c3ccc(O)c(O)c3)O2)O[C@H]1c1ccc(O)c(O)c1. The van der Waals surface area contributed by atoms with Gasteiger partial charge in [0.2, 0.25) is 0 Å². The normalized spacial score (nSPS) is 22.4. The Morgan fingerprint density at radius 1 is 0.472 bits per heavy atom. The topological polar surface area (TPSA) is 140 Å². The maximum atomic E-state index is 10.6. The Hall–Kier alpha value is -4.72. The Labute approximate surface area is 204 Å². The summed E-state index contributed by atoms with van der Waals surface area (Å²) in [6, 6.07) is 15.4. The van der Waals surface area contributed by atoms with Crippen molar-refractivity contribution in [3.63, 3.8) is 0 Å². The molecule has 4 aromatic carbocycles. The molecule has 3 aliphatic rings. The number of hydrogen-bond donors (Lipinski definition) is 6. The molecule has 1 aliphatic carbocycles. The highest BCUT2D eigenvalue weighted by Crippen LogP contribution is 2.65. The molecule has 0 amide bonds. The monoisotopic (exact) mass is 484 g/mol. The Kier molecular flexibility index (Phi) is 3.96. The van der Waals surface area contributed by atoms with Crippen LogP contribution in [0.3, 0.4) is 0 Å². The van der Waals surface area contributed by atoms with Gasteiger partial charge in [-0.05, 0) is 58.7 Å². The third kappa shape index (κ3) is 2.69. The van der Waals surface area contributed by atoms with Gasteiger partial charge in [-0.25, -0.2) is 0 Å². The molecule has 0 saturated heterocycles. The fourth-order valence-electron chi connectivity index (χ4n) is 5.95. The minimum absolute atomic E-state index is 0.0136. The first-order chi connectivity index (χ1) is 17.3. The molecule has 0 radical (unpaired) electrons. The summed E-state index contributed by atoms with van der Waals surface area (Å²) in [5.74, 6) is -0.838. The maximum absolute atomic E-state index is 10.6. The molecule has 180 valence electrons. The standard InChI is InChI=1S/C28H20O8/c29-13-7-15-24-22(10-13)36-28(12-2-4-18(32)20(34)6-12)26(24)16-8-14(30)9-21-23(16)25(15)27(35-21)11-1-3-17(31)19(33)5-11/h1-10,25-34H/t25-,26-,27+,28+/m1/s1. The van der Waals surface area contributed by atoms with Crippen molar-refractivity contribution >= 4 is 0 Å². The summed E-state index contributed by atoms with van der Waals surface area (Å²) in [6.45, 7) is 0. The number of phenols is 6. The fraction of sp³-hybridized carbons (Fsp3) is 0.143. The minimum Gasteiger partial charge on any atom is -0.508 e. The number of rotatable bonds is 2. The molecule has 0 fully saturated rings. The van der Waals surface area contributed by atoms with Crippen LogP contribution in [0.1, 0.15) is 57.4 Å². The molecule has 0 saturated carbocycles. The van der Waals surface area contributed by atoms with Crippen molar-refractivity contribution in [3.05, 3.63) is 94.0 Å². The molecule has 8 heteroatoms. The fourth-order valence-corrected chi connectivity index (χ4v) is 5.95. The van der Waals surface area contributed by atoms with Crippen molar-refractivity contribution in [1.29, 1.82) is 0 Å². The zero-order valence-corrected chi connectivity index (χ0v) is 18.6. The highest BCUT2D eigenvalue weighted by molar-refractivity contribution is 5.69. The van der Waals surface area contributed by atoms with Gasteiger partial charge in [-0.1, -0.05) is 12.1 Å². The zero-order chi connectivity index (χ0) is 24.9. The lowest BCUT2D eigenvalue weighted by Crippen LogP contribution is -2.21. The van der Waals surface area contributed by atoms with Crippen molar-refractivity contribution in [2.45, 2.75) is 24.0 Å². The van der Waals surface area contributed by atoms with Crippen molar-refractivity contribution in [1.82, 2.24) is 0 Å². The Morgan fingerprint density at radius 3 is 1.28 bits per heavy atom. The van der Waals surface area contributed by atoms with E-state index in [1.807, 2.05) is 0 Å². The van der Waals surface area contributed by atoms with Crippen LogP contribution in [0.2, 0.25) is 0 Å². The Morgan fingerprint density at radius 2 is 0.889 bits per heavy atom. The number of benzene rings is 4. The van der Waals surface area contributed by atoms with Crippen LogP contribution in [0.25, 0.3) is 0 Å². The lowest BCUT2D eigenvalue weighted by molar-refractivity contribution is 0.217. The number of fused-ring (bicyclic) bond motifs is 2. The molecule has 7 rings (SSSR count). The van der Waals surface area contributed by atoms with Gasteiger partial charge in [0.1, 0.15) is 35.2 Å². The van der Waals surface area contributed by atoms with Gasteiger partial charge < -0.3 is 40.1 Å². The molecule has 2 aliphatic heterocycles. The van der Waals surface area contributed by atoms with Crippen LogP contribution in [-0.4, -0.2) is 30.6 Å². The summed E-state index contributed by atoms with van der Waals surface area (Å²) in [4.78, 5) is 0. The van der Waals surface area contributed by atoms with Gasteiger partial charge in [-0.3, -0.25) is 0 Å². The molecule has 0 aromatic heterocycles. The summed E-state index contributed by atoms with van der Waals surface area (Å²) in [5.41, 5.74) is 4.47. The van der Waals surface area contributed by atoms with Gasteiger partial charge >= 0.3 is 0 Å². The molecule has 4 atom stereocenters. The first-order valence-corrected chi connectivity index (χ1v) is 11.4. The van der Waals surface area contributed by atoms with Crippen LogP contribution in [0.4, 0.5) is 0 Å². The number of ether oxygens (including phenoxy) is 2. The average molecular weight is 484 g/mol. The van der Waals surface area contributed by atoms with E-state index in [1.54, 1.807) is 24.3 Å². The quantitative estimate of drug-likeness (QED) is 0.224. The number of hydrogen-bond acceptors (Lipinski definition) is 8. The highest BCUT2D eigenvalue weighted by atomic mass is 16.5. The third-order valence-corrected chi connectivity index (χ3v) is 7.38. The predicted molar refractivity (Wildman–Crippen MR) is 126 cm³/mol. The molecule has 2 heterocycles. The van der Waals surface area contributed by atoms with E-state index in [9.17, 15) is 30.6 Å². The molecular weight excluding hydrogens is 464 g/mol. The average Bonchev–Trinajstić information content (AvgIpc) is 3.40. The molecule has 8 nitrogen and oxygen atoms in total. The van der Waals surface area contributed by atoms with Gasteiger partial charge in [0.25, 0.3) is 0 Å². The molecule has 0 unspecified atom stereocenters. The van der Waals surface area contributed by atoms with Crippen LogP contribution in [0.15, 0.2) is 60.7 Å². The number of aromatic hydroxyl groups is 6. The van der Waals surface area contributed by atoms with Gasteiger partial charge in [-0.15, -0.1) is 0 Å². The lowest BCUT2D eigenvalue weighted by atomic mass is 9.69. The van der Waals surface area contributed by atoms with Crippen LogP contribution in [0, 0.1) is 0 Å². The van der Waals surface area contributed by atoms with Gasteiger partial charge in [0, 0.05) is 23.3 Å². The van der Waals surface area contributed by atoms with Crippen molar-refractivity contribution in [2.75, 3.05) is 0 Å². The van der Waals surface area contributed by atoms with E-state index in [0.717, 1.165) is 22.3 Å². The second-order valence-corrected chi connectivity index (χ2v) is 9.42. The second-order valence-electron chi connectivity index (χ2n) is 9.42. The van der Waals surface area contributed by atoms with Crippen LogP contribution >= 0.6 is 0 Å². The molecule has 6 N–H and O–H groups in total. The summed E-state index contributed by atoms with van der Waals surface area (Å²) in [5, 5.41) is 61.1. The predicted octanol–water partition coefficient (Wildman–Crippen LogP) is 4.76. The van der Waals surface area contributed by atoms with Gasteiger partial charge in [0.15, 0.2) is 23.0 Å². The lowest BCUT2D eigenvalue weighted by Gasteiger charge is -2.31.